The standard InChI is InChI=1S/C23H29FN6/c1-25-23(27-16-22(29(2)3)18-9-11-21(24)12-10-18)26-15-19-7-4-5-8-20(19)17-30-14-6-13-28-30/h4-14,22H,15-17H2,1-3H3,(H2,25,26,27). The van der Waals surface area contributed by atoms with Crippen LogP contribution in [0.25, 0.3) is 0 Å². The third kappa shape index (κ3) is 5.90. The minimum Gasteiger partial charge on any atom is -0.354 e. The van der Waals surface area contributed by atoms with Crippen molar-refractivity contribution in [2.24, 2.45) is 4.99 Å². The summed E-state index contributed by atoms with van der Waals surface area (Å²) in [7, 11) is 5.78. The Hall–Kier alpha value is -3.19. The molecule has 2 aromatic carbocycles. The van der Waals surface area contributed by atoms with Gasteiger partial charge >= 0.3 is 0 Å². The van der Waals surface area contributed by atoms with Crippen LogP contribution in [0.2, 0.25) is 0 Å². The summed E-state index contributed by atoms with van der Waals surface area (Å²) in [5.74, 6) is 0.494. The molecule has 0 amide bonds. The number of nitrogens with zero attached hydrogens (tertiary/aromatic N) is 4. The van der Waals surface area contributed by atoms with Crippen molar-refractivity contribution >= 4 is 5.96 Å². The molecule has 6 nitrogen and oxygen atoms in total. The molecule has 1 unspecified atom stereocenters. The van der Waals surface area contributed by atoms with Gasteiger partial charge in [0, 0.05) is 32.5 Å². The Morgan fingerprint density at radius 3 is 2.43 bits per heavy atom. The molecule has 0 saturated carbocycles. The van der Waals surface area contributed by atoms with Gasteiger partial charge in [-0.05, 0) is 49.0 Å². The number of hydrogen-bond donors (Lipinski definition) is 2. The van der Waals surface area contributed by atoms with E-state index in [9.17, 15) is 4.39 Å². The molecule has 0 saturated heterocycles. The van der Waals surface area contributed by atoms with Gasteiger partial charge in [-0.25, -0.2) is 4.39 Å². The normalized spacial score (nSPS) is 12.8. The van der Waals surface area contributed by atoms with Crippen molar-refractivity contribution in [3.8, 4) is 0 Å². The van der Waals surface area contributed by atoms with Crippen molar-refractivity contribution in [3.63, 3.8) is 0 Å². The van der Waals surface area contributed by atoms with Gasteiger partial charge in [0.05, 0.1) is 12.6 Å². The number of halogens is 1. The van der Waals surface area contributed by atoms with Crippen LogP contribution in [-0.2, 0) is 13.1 Å². The lowest BCUT2D eigenvalue weighted by atomic mass is 10.1. The third-order valence-corrected chi connectivity index (χ3v) is 5.02. The summed E-state index contributed by atoms with van der Waals surface area (Å²) in [6, 6.07) is 17.0. The number of aliphatic imine (C=N–C) groups is 1. The highest BCUT2D eigenvalue weighted by Gasteiger charge is 2.15. The first-order valence-electron chi connectivity index (χ1n) is 9.97. The fraction of sp³-hybridized carbons (Fsp3) is 0.304. The maximum absolute atomic E-state index is 13.3. The van der Waals surface area contributed by atoms with Crippen molar-refractivity contribution < 1.29 is 4.39 Å². The van der Waals surface area contributed by atoms with Crippen LogP contribution >= 0.6 is 0 Å². The van der Waals surface area contributed by atoms with E-state index >= 15 is 0 Å². The van der Waals surface area contributed by atoms with Gasteiger partial charge in [0.25, 0.3) is 0 Å². The molecule has 0 aliphatic rings. The van der Waals surface area contributed by atoms with E-state index in [2.05, 4.69) is 37.8 Å². The topological polar surface area (TPSA) is 57.5 Å². The number of benzene rings is 2. The molecular formula is C23H29FN6. The maximum atomic E-state index is 13.3. The van der Waals surface area contributed by atoms with Crippen LogP contribution in [0.3, 0.4) is 0 Å². The van der Waals surface area contributed by atoms with Gasteiger partial charge in [-0.3, -0.25) is 9.67 Å². The molecular weight excluding hydrogens is 379 g/mol. The number of aromatic nitrogens is 2. The number of rotatable bonds is 8. The van der Waals surface area contributed by atoms with E-state index in [1.54, 1.807) is 13.2 Å². The Balaban J connectivity index is 1.60. The van der Waals surface area contributed by atoms with E-state index in [1.807, 2.05) is 55.3 Å². The van der Waals surface area contributed by atoms with Gasteiger partial charge in [-0.2, -0.15) is 5.10 Å². The molecule has 1 aromatic heterocycles. The minimum atomic E-state index is -0.226. The summed E-state index contributed by atoms with van der Waals surface area (Å²) < 4.78 is 15.2. The molecule has 0 fully saturated rings. The zero-order valence-electron chi connectivity index (χ0n) is 17.7. The first-order valence-corrected chi connectivity index (χ1v) is 9.97. The number of guanidine groups is 1. The maximum Gasteiger partial charge on any atom is 0.191 e. The van der Waals surface area contributed by atoms with E-state index in [0.717, 1.165) is 18.1 Å². The van der Waals surface area contributed by atoms with E-state index in [-0.39, 0.29) is 11.9 Å². The summed E-state index contributed by atoms with van der Waals surface area (Å²) in [5.41, 5.74) is 3.45. The van der Waals surface area contributed by atoms with Gasteiger partial charge in [0.15, 0.2) is 5.96 Å². The molecule has 0 aliphatic carbocycles. The summed E-state index contributed by atoms with van der Waals surface area (Å²) in [5, 5.41) is 11.1. The summed E-state index contributed by atoms with van der Waals surface area (Å²) in [6.07, 6.45) is 3.75. The minimum absolute atomic E-state index is 0.0938. The largest absolute Gasteiger partial charge is 0.354 e. The average Bonchev–Trinajstić information content (AvgIpc) is 3.25. The molecule has 0 spiro atoms. The number of nitrogens with one attached hydrogen (secondary N) is 2. The molecule has 3 aromatic rings. The lowest BCUT2D eigenvalue weighted by Gasteiger charge is -2.26. The van der Waals surface area contributed by atoms with E-state index in [1.165, 1.54) is 23.3 Å². The molecule has 3 rings (SSSR count). The molecule has 1 atom stereocenters. The highest BCUT2D eigenvalue weighted by molar-refractivity contribution is 5.79. The fourth-order valence-electron chi connectivity index (χ4n) is 3.33. The van der Waals surface area contributed by atoms with Crippen molar-refractivity contribution in [2.75, 3.05) is 27.7 Å². The van der Waals surface area contributed by atoms with Crippen LogP contribution in [0.4, 0.5) is 4.39 Å². The van der Waals surface area contributed by atoms with Gasteiger partial charge in [-0.1, -0.05) is 36.4 Å². The summed E-state index contributed by atoms with van der Waals surface area (Å²) in [6.45, 7) is 2.03. The molecule has 158 valence electrons. The van der Waals surface area contributed by atoms with E-state index < -0.39 is 0 Å². The van der Waals surface area contributed by atoms with Gasteiger partial charge in [0.2, 0.25) is 0 Å². The predicted molar refractivity (Wildman–Crippen MR) is 119 cm³/mol. The van der Waals surface area contributed by atoms with Crippen LogP contribution < -0.4 is 10.6 Å². The Bertz CT molecular complexity index is 935. The fourth-order valence-corrected chi connectivity index (χ4v) is 3.33. The molecule has 2 N–H and O–H groups in total. The van der Waals surface area contributed by atoms with Crippen LogP contribution in [0, 0.1) is 5.82 Å². The quantitative estimate of drug-likeness (QED) is 0.444. The average molecular weight is 409 g/mol. The zero-order chi connectivity index (χ0) is 21.3. The molecule has 0 bridgehead atoms. The molecule has 0 radical (unpaired) electrons. The SMILES string of the molecule is CN=C(NCc1ccccc1Cn1cccn1)NCC(c1ccc(F)cc1)N(C)C. The van der Waals surface area contributed by atoms with Crippen molar-refractivity contribution in [2.45, 2.75) is 19.1 Å². The smallest absolute Gasteiger partial charge is 0.191 e. The van der Waals surface area contributed by atoms with Crippen LogP contribution in [0.1, 0.15) is 22.7 Å². The Morgan fingerprint density at radius 2 is 1.80 bits per heavy atom. The van der Waals surface area contributed by atoms with Crippen LogP contribution in [0.5, 0.6) is 0 Å². The highest BCUT2D eigenvalue weighted by Crippen LogP contribution is 2.17. The second kappa shape index (κ2) is 10.5. The Kier molecular flexibility index (Phi) is 7.57. The van der Waals surface area contributed by atoms with E-state index in [4.69, 9.17) is 0 Å². The van der Waals surface area contributed by atoms with Crippen LogP contribution in [0.15, 0.2) is 72.0 Å². The Labute approximate surface area is 177 Å². The van der Waals surface area contributed by atoms with Crippen molar-refractivity contribution in [3.05, 3.63) is 89.5 Å². The third-order valence-electron chi connectivity index (χ3n) is 5.02. The second-order valence-corrected chi connectivity index (χ2v) is 7.31. The summed E-state index contributed by atoms with van der Waals surface area (Å²) >= 11 is 0. The number of hydrogen-bond acceptors (Lipinski definition) is 3. The Morgan fingerprint density at radius 1 is 1.07 bits per heavy atom. The van der Waals surface area contributed by atoms with Gasteiger partial charge in [-0.15, -0.1) is 0 Å². The number of likely N-dealkylation sites (N-methyl/N-ethyl adjacent to an activating group) is 1. The van der Waals surface area contributed by atoms with Crippen molar-refractivity contribution in [1.82, 2.24) is 25.3 Å². The molecule has 1 heterocycles. The second-order valence-electron chi connectivity index (χ2n) is 7.31. The highest BCUT2D eigenvalue weighted by atomic mass is 19.1. The molecule has 0 aliphatic heterocycles. The van der Waals surface area contributed by atoms with Crippen LogP contribution in [-0.4, -0.2) is 48.3 Å². The van der Waals surface area contributed by atoms with Gasteiger partial charge in [0.1, 0.15) is 5.82 Å². The van der Waals surface area contributed by atoms with Crippen molar-refractivity contribution in [1.29, 1.82) is 0 Å². The molecule has 7 heteroatoms. The zero-order valence-corrected chi connectivity index (χ0v) is 17.7. The lowest BCUT2D eigenvalue weighted by Crippen LogP contribution is -2.41. The van der Waals surface area contributed by atoms with Gasteiger partial charge < -0.3 is 15.5 Å². The summed E-state index contributed by atoms with van der Waals surface area (Å²) in [4.78, 5) is 6.45. The first-order chi connectivity index (χ1) is 14.6. The molecule has 30 heavy (non-hydrogen) atoms. The first kappa shape index (κ1) is 21.5. The lowest BCUT2D eigenvalue weighted by molar-refractivity contribution is 0.298. The monoisotopic (exact) mass is 408 g/mol. The van der Waals surface area contributed by atoms with E-state index in [0.29, 0.717) is 13.1 Å². The predicted octanol–water partition coefficient (Wildman–Crippen LogP) is 3.04.